The van der Waals surface area contributed by atoms with Crippen molar-refractivity contribution < 1.29 is 9.18 Å². The molecule has 0 aliphatic heterocycles. The number of aromatic nitrogens is 1. The highest BCUT2D eigenvalue weighted by Crippen LogP contribution is 2.37. The van der Waals surface area contributed by atoms with Gasteiger partial charge in [0.15, 0.2) is 5.78 Å². The third-order valence-electron chi connectivity index (χ3n) is 4.37. The molecular formula is C18H18FNO. The van der Waals surface area contributed by atoms with Crippen molar-refractivity contribution in [3.63, 3.8) is 0 Å². The number of fused-ring (bicyclic) bond motifs is 1. The molecule has 3 rings (SSSR count). The van der Waals surface area contributed by atoms with Gasteiger partial charge in [-0.1, -0.05) is 25.1 Å². The summed E-state index contributed by atoms with van der Waals surface area (Å²) in [5.41, 5.74) is 2.60. The molecule has 0 fully saturated rings. The van der Waals surface area contributed by atoms with E-state index in [4.69, 9.17) is 0 Å². The van der Waals surface area contributed by atoms with Crippen LogP contribution in [-0.4, -0.2) is 10.8 Å². The maximum Gasteiger partial charge on any atom is 0.172 e. The van der Waals surface area contributed by atoms with Gasteiger partial charge >= 0.3 is 0 Å². The predicted octanol–water partition coefficient (Wildman–Crippen LogP) is 4.39. The van der Waals surface area contributed by atoms with Crippen LogP contribution in [0.5, 0.6) is 0 Å². The Morgan fingerprint density at radius 2 is 2.00 bits per heavy atom. The largest absolute Gasteiger partial charge is 0.293 e. The van der Waals surface area contributed by atoms with Crippen molar-refractivity contribution in [3.05, 3.63) is 64.7 Å². The maximum atomic E-state index is 14.4. The summed E-state index contributed by atoms with van der Waals surface area (Å²) in [6.45, 7) is 3.81. The Morgan fingerprint density at radius 3 is 2.81 bits per heavy atom. The fourth-order valence-electron chi connectivity index (χ4n) is 3.13. The zero-order chi connectivity index (χ0) is 15.0. The van der Waals surface area contributed by atoms with Crippen molar-refractivity contribution in [2.24, 2.45) is 0 Å². The molecule has 0 saturated carbocycles. The number of rotatable bonds is 1. The summed E-state index contributed by atoms with van der Waals surface area (Å²) in [6, 6.07) is 8.88. The zero-order valence-corrected chi connectivity index (χ0v) is 12.3. The van der Waals surface area contributed by atoms with Crippen molar-refractivity contribution in [2.45, 2.75) is 38.5 Å². The lowest BCUT2D eigenvalue weighted by molar-refractivity contribution is 0.0955. The van der Waals surface area contributed by atoms with E-state index in [-0.39, 0.29) is 17.5 Å². The van der Waals surface area contributed by atoms with Gasteiger partial charge in [-0.3, -0.25) is 9.78 Å². The summed E-state index contributed by atoms with van der Waals surface area (Å²) >= 11 is 0. The number of hydrogen-bond donors (Lipinski definition) is 0. The lowest BCUT2D eigenvalue weighted by Crippen LogP contribution is -2.14. The van der Waals surface area contributed by atoms with Gasteiger partial charge in [0, 0.05) is 11.8 Å². The average Bonchev–Trinajstić information content (AvgIpc) is 2.62. The van der Waals surface area contributed by atoms with Crippen molar-refractivity contribution >= 4 is 5.78 Å². The number of carbonyl (C=O) groups excluding carboxylic acids is 1. The summed E-state index contributed by atoms with van der Waals surface area (Å²) < 4.78 is 14.4. The summed E-state index contributed by atoms with van der Waals surface area (Å²) in [6.07, 6.45) is 3.22. The van der Waals surface area contributed by atoms with E-state index < -0.39 is 5.92 Å². The molecule has 0 spiro atoms. The molecule has 0 amide bonds. The summed E-state index contributed by atoms with van der Waals surface area (Å²) in [5, 5.41) is 0. The molecule has 0 radical (unpaired) electrons. The third-order valence-corrected chi connectivity index (χ3v) is 4.37. The number of Topliss-reactive ketones (excluding diaryl/α,β-unsaturated/α-hetero) is 1. The predicted molar refractivity (Wildman–Crippen MR) is 80.1 cm³/mol. The fraction of sp³-hybridized carbons (Fsp3) is 0.333. The number of carbonyl (C=O) groups is 1. The highest BCUT2D eigenvalue weighted by Gasteiger charge is 2.31. The Kier molecular flexibility index (Phi) is 3.58. The summed E-state index contributed by atoms with van der Waals surface area (Å²) in [5.74, 6) is -0.441. The number of halogens is 1. The van der Waals surface area contributed by atoms with Gasteiger partial charge in [-0.05, 0) is 48.9 Å². The Hall–Kier alpha value is -2.03. The van der Waals surface area contributed by atoms with Crippen molar-refractivity contribution in [3.8, 4) is 0 Å². The number of hydrogen-bond acceptors (Lipinski definition) is 2. The van der Waals surface area contributed by atoms with Crippen LogP contribution in [-0.2, 0) is 0 Å². The Labute approximate surface area is 124 Å². The molecule has 0 N–H and O–H groups in total. The van der Waals surface area contributed by atoms with Gasteiger partial charge in [0.2, 0.25) is 0 Å². The second-order valence-electron chi connectivity index (χ2n) is 5.81. The first-order chi connectivity index (χ1) is 10.1. The maximum absolute atomic E-state index is 14.4. The van der Waals surface area contributed by atoms with E-state index in [1.165, 1.54) is 0 Å². The smallest absolute Gasteiger partial charge is 0.172 e. The first-order valence-corrected chi connectivity index (χ1v) is 7.33. The first-order valence-electron chi connectivity index (χ1n) is 7.33. The Bertz CT molecular complexity index is 695. The van der Waals surface area contributed by atoms with Gasteiger partial charge in [0.1, 0.15) is 5.82 Å². The second kappa shape index (κ2) is 5.40. The molecule has 0 saturated heterocycles. The van der Waals surface area contributed by atoms with E-state index in [0.717, 1.165) is 12.1 Å². The van der Waals surface area contributed by atoms with E-state index in [0.29, 0.717) is 23.1 Å². The minimum absolute atomic E-state index is 0.00745. The van der Waals surface area contributed by atoms with Crippen LogP contribution < -0.4 is 0 Å². The highest BCUT2D eigenvalue weighted by atomic mass is 19.1. The monoisotopic (exact) mass is 283 g/mol. The number of pyridine rings is 1. The van der Waals surface area contributed by atoms with Crippen LogP contribution in [0.2, 0.25) is 0 Å². The molecular weight excluding hydrogens is 265 g/mol. The minimum Gasteiger partial charge on any atom is -0.293 e. The minimum atomic E-state index is -0.405. The molecule has 2 nitrogen and oxygen atoms in total. The van der Waals surface area contributed by atoms with Gasteiger partial charge in [0.05, 0.1) is 11.6 Å². The molecule has 1 aliphatic carbocycles. The van der Waals surface area contributed by atoms with Crippen LogP contribution in [0.3, 0.4) is 0 Å². The second-order valence-corrected chi connectivity index (χ2v) is 5.81. The molecule has 1 aromatic carbocycles. The van der Waals surface area contributed by atoms with Gasteiger partial charge in [-0.15, -0.1) is 0 Å². The quantitative estimate of drug-likeness (QED) is 0.726. The normalized spacial score (nSPS) is 21.8. The molecule has 2 atom stereocenters. The SMILES string of the molecule is Cc1cccc([C@@H]2CC[C@@H](C)c3ncccc3C2=O)c1F. The molecule has 3 heteroatoms. The average molecular weight is 283 g/mol. The fourth-order valence-corrected chi connectivity index (χ4v) is 3.13. The Morgan fingerprint density at radius 1 is 1.19 bits per heavy atom. The van der Waals surface area contributed by atoms with Gasteiger partial charge in [-0.25, -0.2) is 4.39 Å². The molecule has 1 heterocycles. The Balaban J connectivity index is 2.10. The van der Waals surface area contributed by atoms with Crippen LogP contribution in [0.1, 0.15) is 58.8 Å². The third kappa shape index (κ3) is 2.37. The molecule has 21 heavy (non-hydrogen) atoms. The first kappa shape index (κ1) is 13.9. The van der Waals surface area contributed by atoms with Crippen LogP contribution >= 0.6 is 0 Å². The highest BCUT2D eigenvalue weighted by molar-refractivity contribution is 6.02. The van der Waals surface area contributed by atoms with Gasteiger partial charge in [0.25, 0.3) is 0 Å². The van der Waals surface area contributed by atoms with Crippen LogP contribution in [0.4, 0.5) is 4.39 Å². The lowest BCUT2D eigenvalue weighted by Gasteiger charge is -2.15. The van der Waals surface area contributed by atoms with E-state index in [2.05, 4.69) is 11.9 Å². The zero-order valence-electron chi connectivity index (χ0n) is 12.3. The van der Waals surface area contributed by atoms with E-state index in [9.17, 15) is 9.18 Å². The number of benzene rings is 1. The molecule has 2 aromatic rings. The molecule has 1 aliphatic rings. The summed E-state index contributed by atoms with van der Waals surface area (Å²) in [4.78, 5) is 17.2. The molecule has 1 aromatic heterocycles. The number of nitrogens with zero attached hydrogens (tertiary/aromatic N) is 1. The van der Waals surface area contributed by atoms with Crippen LogP contribution in [0.25, 0.3) is 0 Å². The molecule has 0 unspecified atom stereocenters. The number of ketones is 1. The van der Waals surface area contributed by atoms with Crippen molar-refractivity contribution in [2.75, 3.05) is 0 Å². The van der Waals surface area contributed by atoms with Crippen molar-refractivity contribution in [1.82, 2.24) is 4.98 Å². The van der Waals surface area contributed by atoms with Gasteiger partial charge in [-0.2, -0.15) is 0 Å². The van der Waals surface area contributed by atoms with E-state index in [1.807, 2.05) is 12.1 Å². The number of aryl methyl sites for hydroxylation is 1. The van der Waals surface area contributed by atoms with Gasteiger partial charge < -0.3 is 0 Å². The topological polar surface area (TPSA) is 30.0 Å². The van der Waals surface area contributed by atoms with Crippen LogP contribution in [0, 0.1) is 12.7 Å². The molecule has 0 bridgehead atoms. The van der Waals surface area contributed by atoms with Crippen LogP contribution in [0.15, 0.2) is 36.5 Å². The van der Waals surface area contributed by atoms with E-state index >= 15 is 0 Å². The summed E-state index contributed by atoms with van der Waals surface area (Å²) in [7, 11) is 0. The molecule has 108 valence electrons. The standard InChI is InChI=1S/C18H18FNO/c1-11-5-3-6-13(16(11)19)14-9-8-12(2)17-15(18(14)21)7-4-10-20-17/h3-7,10,12,14H,8-9H2,1-2H3/t12-,14+/m1/s1. The van der Waals surface area contributed by atoms with Crippen molar-refractivity contribution in [1.29, 1.82) is 0 Å². The lowest BCUT2D eigenvalue weighted by atomic mass is 9.88. The van der Waals surface area contributed by atoms with E-state index in [1.54, 1.807) is 31.3 Å².